The maximum absolute atomic E-state index is 5.38. The van der Waals surface area contributed by atoms with E-state index >= 15 is 0 Å². The quantitative estimate of drug-likeness (QED) is 0.613. The topological polar surface area (TPSA) is 30.5 Å². The summed E-state index contributed by atoms with van der Waals surface area (Å²) in [7, 11) is 3.40. The second-order valence-corrected chi connectivity index (χ2v) is 5.95. The smallest absolute Gasteiger partial charge is 0.123 e. The summed E-state index contributed by atoms with van der Waals surface area (Å²) in [6.45, 7) is 6.47. The van der Waals surface area contributed by atoms with Crippen molar-refractivity contribution in [3.8, 4) is 11.5 Å². The molecule has 0 saturated heterocycles. The molecule has 0 heterocycles. The Morgan fingerprint density at radius 3 is 2.43 bits per heavy atom. The van der Waals surface area contributed by atoms with E-state index in [4.69, 9.17) is 9.47 Å². The highest BCUT2D eigenvalue weighted by Crippen LogP contribution is 2.23. The van der Waals surface area contributed by atoms with Gasteiger partial charge >= 0.3 is 0 Å². The standard InChI is InChI=1S/C18H31NO2/c1-15(2)9-7-5-6-8-12-19-14-16-13-17(20-3)10-11-18(16)21-4/h10-11,13,15,19H,5-9,12,14H2,1-4H3. The minimum Gasteiger partial charge on any atom is -0.497 e. The van der Waals surface area contributed by atoms with Gasteiger partial charge in [0.1, 0.15) is 11.5 Å². The molecule has 3 nitrogen and oxygen atoms in total. The van der Waals surface area contributed by atoms with Crippen LogP contribution in [0.2, 0.25) is 0 Å². The van der Waals surface area contributed by atoms with E-state index in [2.05, 4.69) is 19.2 Å². The maximum Gasteiger partial charge on any atom is 0.123 e. The molecule has 1 aromatic carbocycles. The number of hydrogen-bond acceptors (Lipinski definition) is 3. The highest BCUT2D eigenvalue weighted by molar-refractivity contribution is 5.40. The average Bonchev–Trinajstić information content (AvgIpc) is 2.49. The zero-order chi connectivity index (χ0) is 15.5. The number of methoxy groups -OCH3 is 2. The highest BCUT2D eigenvalue weighted by atomic mass is 16.5. The van der Waals surface area contributed by atoms with Crippen molar-refractivity contribution in [1.82, 2.24) is 5.32 Å². The molecular weight excluding hydrogens is 262 g/mol. The van der Waals surface area contributed by atoms with Gasteiger partial charge in [-0.05, 0) is 37.1 Å². The molecule has 1 N–H and O–H groups in total. The van der Waals surface area contributed by atoms with E-state index < -0.39 is 0 Å². The first-order chi connectivity index (χ1) is 10.2. The van der Waals surface area contributed by atoms with Gasteiger partial charge in [-0.25, -0.2) is 0 Å². The summed E-state index contributed by atoms with van der Waals surface area (Å²) in [4.78, 5) is 0. The van der Waals surface area contributed by atoms with Crippen LogP contribution in [0.4, 0.5) is 0 Å². The number of nitrogens with one attached hydrogen (secondary N) is 1. The van der Waals surface area contributed by atoms with Crippen LogP contribution in [-0.4, -0.2) is 20.8 Å². The van der Waals surface area contributed by atoms with Gasteiger partial charge in [-0.15, -0.1) is 0 Å². The van der Waals surface area contributed by atoms with Gasteiger partial charge in [0.25, 0.3) is 0 Å². The van der Waals surface area contributed by atoms with Crippen LogP contribution in [0, 0.1) is 5.92 Å². The number of hydrogen-bond donors (Lipinski definition) is 1. The molecule has 21 heavy (non-hydrogen) atoms. The Bertz CT molecular complexity index is 391. The van der Waals surface area contributed by atoms with Crippen LogP contribution in [0.1, 0.15) is 51.5 Å². The van der Waals surface area contributed by atoms with Gasteiger partial charge in [0.05, 0.1) is 14.2 Å². The molecular formula is C18H31NO2. The third-order valence-electron chi connectivity index (χ3n) is 3.69. The molecule has 0 unspecified atom stereocenters. The van der Waals surface area contributed by atoms with Crippen molar-refractivity contribution in [3.05, 3.63) is 23.8 Å². The monoisotopic (exact) mass is 293 g/mol. The molecule has 1 aromatic rings. The first kappa shape index (κ1) is 17.8. The van der Waals surface area contributed by atoms with Crippen LogP contribution in [0.5, 0.6) is 11.5 Å². The number of unbranched alkanes of at least 4 members (excludes halogenated alkanes) is 3. The molecule has 0 radical (unpaired) electrons. The Kier molecular flexibility index (Phi) is 8.91. The van der Waals surface area contributed by atoms with Crippen molar-refractivity contribution in [1.29, 1.82) is 0 Å². The average molecular weight is 293 g/mol. The van der Waals surface area contributed by atoms with E-state index in [0.717, 1.165) is 36.1 Å². The summed E-state index contributed by atoms with van der Waals surface area (Å²) >= 11 is 0. The summed E-state index contributed by atoms with van der Waals surface area (Å²) < 4.78 is 10.6. The summed E-state index contributed by atoms with van der Waals surface area (Å²) in [5.74, 6) is 2.63. The van der Waals surface area contributed by atoms with Crippen molar-refractivity contribution < 1.29 is 9.47 Å². The molecule has 0 fully saturated rings. The highest BCUT2D eigenvalue weighted by Gasteiger charge is 2.04. The van der Waals surface area contributed by atoms with Gasteiger partial charge < -0.3 is 14.8 Å². The Balaban J connectivity index is 2.20. The molecule has 120 valence electrons. The van der Waals surface area contributed by atoms with Gasteiger partial charge in [-0.2, -0.15) is 0 Å². The van der Waals surface area contributed by atoms with E-state index in [9.17, 15) is 0 Å². The third kappa shape index (κ3) is 7.37. The second kappa shape index (κ2) is 10.5. The normalized spacial score (nSPS) is 10.9. The Morgan fingerprint density at radius 2 is 1.76 bits per heavy atom. The molecule has 0 aliphatic rings. The number of benzene rings is 1. The predicted molar refractivity (Wildman–Crippen MR) is 89.2 cm³/mol. The molecule has 0 spiro atoms. The van der Waals surface area contributed by atoms with E-state index in [-0.39, 0.29) is 0 Å². The van der Waals surface area contributed by atoms with Crippen LogP contribution in [0.3, 0.4) is 0 Å². The van der Waals surface area contributed by atoms with E-state index in [0.29, 0.717) is 0 Å². The van der Waals surface area contributed by atoms with Crippen LogP contribution < -0.4 is 14.8 Å². The predicted octanol–water partition coefficient (Wildman–Crippen LogP) is 4.40. The first-order valence-electron chi connectivity index (χ1n) is 8.09. The number of ether oxygens (including phenoxy) is 2. The number of rotatable bonds is 11. The fourth-order valence-corrected chi connectivity index (χ4v) is 2.40. The van der Waals surface area contributed by atoms with Gasteiger partial charge in [0.15, 0.2) is 0 Å². The largest absolute Gasteiger partial charge is 0.497 e. The molecule has 0 aliphatic heterocycles. The van der Waals surface area contributed by atoms with E-state index in [1.165, 1.54) is 32.1 Å². The zero-order valence-corrected chi connectivity index (χ0v) is 14.1. The molecule has 0 atom stereocenters. The van der Waals surface area contributed by atoms with Crippen LogP contribution in [0.15, 0.2) is 18.2 Å². The Hall–Kier alpha value is -1.22. The van der Waals surface area contributed by atoms with Gasteiger partial charge in [-0.1, -0.05) is 39.5 Å². The lowest BCUT2D eigenvalue weighted by molar-refractivity contribution is 0.397. The van der Waals surface area contributed by atoms with Crippen LogP contribution in [-0.2, 0) is 6.54 Å². The van der Waals surface area contributed by atoms with Crippen molar-refractivity contribution in [2.24, 2.45) is 5.92 Å². The molecule has 1 rings (SSSR count). The molecule has 0 aliphatic carbocycles. The summed E-state index contributed by atoms with van der Waals surface area (Å²) in [6, 6.07) is 5.92. The van der Waals surface area contributed by atoms with Crippen molar-refractivity contribution in [3.63, 3.8) is 0 Å². The van der Waals surface area contributed by atoms with E-state index in [1.807, 2.05) is 18.2 Å². The zero-order valence-electron chi connectivity index (χ0n) is 14.1. The third-order valence-corrected chi connectivity index (χ3v) is 3.69. The van der Waals surface area contributed by atoms with Crippen molar-refractivity contribution in [2.75, 3.05) is 20.8 Å². The molecule has 0 saturated carbocycles. The fourth-order valence-electron chi connectivity index (χ4n) is 2.40. The lowest BCUT2D eigenvalue weighted by Crippen LogP contribution is -2.15. The fraction of sp³-hybridized carbons (Fsp3) is 0.667. The molecule has 0 amide bonds. The van der Waals surface area contributed by atoms with Gasteiger partial charge in [0, 0.05) is 12.1 Å². The molecule has 3 heteroatoms. The van der Waals surface area contributed by atoms with Crippen LogP contribution in [0.25, 0.3) is 0 Å². The second-order valence-electron chi connectivity index (χ2n) is 5.95. The Morgan fingerprint density at radius 1 is 1.00 bits per heavy atom. The summed E-state index contributed by atoms with van der Waals surface area (Å²) in [5, 5.41) is 3.49. The minimum absolute atomic E-state index is 0.826. The minimum atomic E-state index is 0.826. The maximum atomic E-state index is 5.38. The Labute approximate surface area is 130 Å². The van der Waals surface area contributed by atoms with Gasteiger partial charge in [-0.3, -0.25) is 0 Å². The summed E-state index contributed by atoms with van der Waals surface area (Å²) in [5.41, 5.74) is 1.15. The lowest BCUT2D eigenvalue weighted by atomic mass is 10.0. The van der Waals surface area contributed by atoms with Gasteiger partial charge in [0.2, 0.25) is 0 Å². The van der Waals surface area contributed by atoms with Crippen LogP contribution >= 0.6 is 0 Å². The SMILES string of the molecule is COc1ccc(OC)c(CNCCCCCCC(C)C)c1. The van der Waals surface area contributed by atoms with Crippen molar-refractivity contribution in [2.45, 2.75) is 52.5 Å². The van der Waals surface area contributed by atoms with E-state index in [1.54, 1.807) is 14.2 Å². The summed E-state index contributed by atoms with van der Waals surface area (Å²) in [6.07, 6.45) is 6.62. The van der Waals surface area contributed by atoms with Crippen molar-refractivity contribution >= 4 is 0 Å². The molecule has 0 aromatic heterocycles. The lowest BCUT2D eigenvalue weighted by Gasteiger charge is -2.11. The molecule has 0 bridgehead atoms. The first-order valence-corrected chi connectivity index (χ1v) is 8.09.